The van der Waals surface area contributed by atoms with Crippen molar-refractivity contribution in [2.45, 2.75) is 20.8 Å². The van der Waals surface area contributed by atoms with E-state index in [1.54, 1.807) is 6.08 Å². The zero-order valence-corrected chi connectivity index (χ0v) is 7.35. The van der Waals surface area contributed by atoms with Gasteiger partial charge in [-0.05, 0) is 26.8 Å². The Morgan fingerprint density at radius 3 is 2.55 bits per heavy atom. The van der Waals surface area contributed by atoms with Crippen LogP contribution in [0, 0.1) is 0 Å². The van der Waals surface area contributed by atoms with Crippen molar-refractivity contribution >= 4 is 5.91 Å². The van der Waals surface area contributed by atoms with Crippen LogP contribution >= 0.6 is 0 Å². The Bertz CT molecular complexity index is 176. The van der Waals surface area contributed by atoms with E-state index < -0.39 is 0 Å². The highest BCUT2D eigenvalue weighted by Crippen LogP contribution is 1.85. The molecule has 0 unspecified atom stereocenters. The molecule has 0 aromatic carbocycles. The highest BCUT2D eigenvalue weighted by Gasteiger charge is 1.88. The van der Waals surface area contributed by atoms with Crippen LogP contribution in [0.25, 0.3) is 0 Å². The normalized spacial score (nSPS) is 9.73. The second kappa shape index (κ2) is 5.71. The lowest BCUT2D eigenvalue weighted by Gasteiger charge is -1.96. The smallest absolute Gasteiger partial charge is 0.243 e. The third-order valence-corrected chi connectivity index (χ3v) is 1.10. The van der Waals surface area contributed by atoms with Gasteiger partial charge in [0.1, 0.15) is 0 Å². The van der Waals surface area contributed by atoms with E-state index in [2.05, 4.69) is 5.32 Å². The number of allylic oxidation sites excluding steroid dienone is 2. The molecule has 0 spiro atoms. The molecular weight excluding hydrogens is 138 g/mol. The van der Waals surface area contributed by atoms with Gasteiger partial charge in [0.15, 0.2) is 0 Å². The summed E-state index contributed by atoms with van der Waals surface area (Å²) in [6.07, 6.45) is 5.21. The highest BCUT2D eigenvalue weighted by atomic mass is 16.1. The largest absolute Gasteiger partial charge is 0.349 e. The molecule has 1 N–H and O–H groups in total. The van der Waals surface area contributed by atoms with E-state index in [1.165, 1.54) is 11.6 Å². The minimum absolute atomic E-state index is 0.0370. The van der Waals surface area contributed by atoms with Crippen LogP contribution in [0.1, 0.15) is 20.8 Å². The summed E-state index contributed by atoms with van der Waals surface area (Å²) in [7, 11) is 0. The summed E-state index contributed by atoms with van der Waals surface area (Å²) in [5.41, 5.74) is 1.21. The summed E-state index contributed by atoms with van der Waals surface area (Å²) < 4.78 is 0. The van der Waals surface area contributed by atoms with Gasteiger partial charge in [-0.2, -0.15) is 0 Å². The molecule has 0 aromatic heterocycles. The SMILES string of the molecule is C/C=C/C(=O)NCC=C(C)C. The predicted octanol–water partition coefficient (Wildman–Crippen LogP) is 1.64. The maximum absolute atomic E-state index is 10.8. The van der Waals surface area contributed by atoms with Crippen molar-refractivity contribution in [3.8, 4) is 0 Å². The molecule has 0 aliphatic heterocycles. The number of amides is 1. The van der Waals surface area contributed by atoms with Gasteiger partial charge in [-0.1, -0.05) is 17.7 Å². The molecule has 62 valence electrons. The summed E-state index contributed by atoms with van der Waals surface area (Å²) in [5, 5.41) is 2.71. The lowest BCUT2D eigenvalue weighted by Crippen LogP contribution is -2.20. The van der Waals surface area contributed by atoms with Crippen LogP contribution in [-0.2, 0) is 4.79 Å². The fourth-order valence-electron chi connectivity index (χ4n) is 0.566. The van der Waals surface area contributed by atoms with E-state index in [-0.39, 0.29) is 5.91 Å². The number of carbonyl (C=O) groups excluding carboxylic acids is 1. The van der Waals surface area contributed by atoms with Gasteiger partial charge in [0.25, 0.3) is 0 Å². The number of carbonyl (C=O) groups is 1. The Kier molecular flexibility index (Phi) is 5.17. The molecule has 0 bridgehead atoms. The van der Waals surface area contributed by atoms with Crippen LogP contribution in [0.3, 0.4) is 0 Å². The van der Waals surface area contributed by atoms with Gasteiger partial charge < -0.3 is 5.32 Å². The van der Waals surface area contributed by atoms with Crippen molar-refractivity contribution in [1.29, 1.82) is 0 Å². The van der Waals surface area contributed by atoms with E-state index >= 15 is 0 Å². The lowest BCUT2D eigenvalue weighted by molar-refractivity contribution is -0.116. The minimum Gasteiger partial charge on any atom is -0.349 e. The van der Waals surface area contributed by atoms with Crippen LogP contribution < -0.4 is 5.32 Å². The fourth-order valence-corrected chi connectivity index (χ4v) is 0.566. The number of nitrogens with one attached hydrogen (secondary N) is 1. The van der Waals surface area contributed by atoms with Crippen LogP contribution in [0.5, 0.6) is 0 Å². The lowest BCUT2D eigenvalue weighted by atomic mass is 10.3. The van der Waals surface area contributed by atoms with Gasteiger partial charge in [0.05, 0.1) is 0 Å². The Morgan fingerprint density at radius 2 is 2.09 bits per heavy atom. The van der Waals surface area contributed by atoms with Crippen molar-refractivity contribution in [2.24, 2.45) is 0 Å². The first kappa shape index (κ1) is 9.95. The third kappa shape index (κ3) is 6.84. The molecule has 2 nitrogen and oxygen atoms in total. The molecule has 0 fully saturated rings. The van der Waals surface area contributed by atoms with E-state index in [9.17, 15) is 4.79 Å². The average Bonchev–Trinajstić information content (AvgIpc) is 1.87. The Labute approximate surface area is 68.0 Å². The van der Waals surface area contributed by atoms with Crippen LogP contribution in [0.15, 0.2) is 23.8 Å². The summed E-state index contributed by atoms with van der Waals surface area (Å²) in [5.74, 6) is -0.0370. The molecule has 0 saturated heterocycles. The van der Waals surface area contributed by atoms with Gasteiger partial charge in [-0.15, -0.1) is 0 Å². The average molecular weight is 153 g/mol. The third-order valence-electron chi connectivity index (χ3n) is 1.10. The minimum atomic E-state index is -0.0370. The number of rotatable bonds is 3. The number of hydrogen-bond donors (Lipinski definition) is 1. The molecular formula is C9H15NO. The van der Waals surface area contributed by atoms with Crippen molar-refractivity contribution in [3.05, 3.63) is 23.8 Å². The van der Waals surface area contributed by atoms with E-state index in [0.717, 1.165) is 0 Å². The molecule has 0 saturated carbocycles. The number of hydrogen-bond acceptors (Lipinski definition) is 1. The molecule has 0 aliphatic carbocycles. The second-order valence-corrected chi connectivity index (χ2v) is 2.53. The zero-order chi connectivity index (χ0) is 8.69. The van der Waals surface area contributed by atoms with E-state index in [4.69, 9.17) is 0 Å². The second-order valence-electron chi connectivity index (χ2n) is 2.53. The molecule has 0 aliphatic rings. The Balaban J connectivity index is 3.55. The summed E-state index contributed by atoms with van der Waals surface area (Å²) in [4.78, 5) is 10.8. The Hall–Kier alpha value is -1.05. The van der Waals surface area contributed by atoms with Gasteiger partial charge in [0, 0.05) is 6.54 Å². The first-order chi connectivity index (χ1) is 5.16. The van der Waals surface area contributed by atoms with E-state index in [1.807, 2.05) is 26.8 Å². The van der Waals surface area contributed by atoms with Crippen LogP contribution in [-0.4, -0.2) is 12.5 Å². The van der Waals surface area contributed by atoms with Gasteiger partial charge in [-0.3, -0.25) is 4.79 Å². The van der Waals surface area contributed by atoms with Gasteiger partial charge in [-0.25, -0.2) is 0 Å². The maximum Gasteiger partial charge on any atom is 0.243 e. The monoisotopic (exact) mass is 153 g/mol. The molecule has 11 heavy (non-hydrogen) atoms. The zero-order valence-electron chi connectivity index (χ0n) is 7.35. The maximum atomic E-state index is 10.8. The molecule has 1 amide bonds. The van der Waals surface area contributed by atoms with Gasteiger partial charge in [0.2, 0.25) is 5.91 Å². The standard InChI is InChI=1S/C9H15NO/c1-4-5-9(11)10-7-6-8(2)3/h4-6H,7H2,1-3H3,(H,10,11)/b5-4+. The van der Waals surface area contributed by atoms with E-state index in [0.29, 0.717) is 6.54 Å². The molecule has 0 aromatic rings. The van der Waals surface area contributed by atoms with Gasteiger partial charge >= 0.3 is 0 Å². The van der Waals surface area contributed by atoms with Crippen LogP contribution in [0.4, 0.5) is 0 Å². The summed E-state index contributed by atoms with van der Waals surface area (Å²) in [6, 6.07) is 0. The molecule has 2 heteroatoms. The fraction of sp³-hybridized carbons (Fsp3) is 0.444. The van der Waals surface area contributed by atoms with Crippen molar-refractivity contribution in [3.63, 3.8) is 0 Å². The molecule has 0 heterocycles. The van der Waals surface area contributed by atoms with Crippen molar-refractivity contribution in [1.82, 2.24) is 5.32 Å². The van der Waals surface area contributed by atoms with Crippen LogP contribution in [0.2, 0.25) is 0 Å². The van der Waals surface area contributed by atoms with Crippen molar-refractivity contribution < 1.29 is 4.79 Å². The topological polar surface area (TPSA) is 29.1 Å². The molecule has 0 rings (SSSR count). The first-order valence-corrected chi connectivity index (χ1v) is 3.70. The quantitative estimate of drug-likeness (QED) is 0.484. The first-order valence-electron chi connectivity index (χ1n) is 3.70. The summed E-state index contributed by atoms with van der Waals surface area (Å²) >= 11 is 0. The predicted molar refractivity (Wildman–Crippen MR) is 47.3 cm³/mol. The summed E-state index contributed by atoms with van der Waals surface area (Å²) in [6.45, 7) is 6.44. The molecule has 0 radical (unpaired) electrons. The highest BCUT2D eigenvalue weighted by molar-refractivity contribution is 5.87. The van der Waals surface area contributed by atoms with Crippen molar-refractivity contribution in [2.75, 3.05) is 6.54 Å². The molecule has 0 atom stereocenters. The Morgan fingerprint density at radius 1 is 1.45 bits per heavy atom.